The maximum Gasteiger partial charge on any atom is 0.247 e. The number of hydrogen-bond acceptors (Lipinski definition) is 1. The van der Waals surface area contributed by atoms with Gasteiger partial charge >= 0.3 is 0 Å². The lowest BCUT2D eigenvalue weighted by molar-refractivity contribution is -0.722. The van der Waals surface area contributed by atoms with E-state index in [1.807, 2.05) is 11.8 Å². The van der Waals surface area contributed by atoms with E-state index in [0.717, 1.165) is 6.54 Å². The second-order valence-corrected chi connectivity index (χ2v) is 5.32. The van der Waals surface area contributed by atoms with Gasteiger partial charge in [0.2, 0.25) is 5.03 Å². The highest BCUT2D eigenvalue weighted by atomic mass is 32.2. The summed E-state index contributed by atoms with van der Waals surface area (Å²) in [5.41, 5.74) is 1.33. The summed E-state index contributed by atoms with van der Waals surface area (Å²) in [7, 11) is 0. The topological polar surface area (TPSA) is 3.88 Å². The smallest absolute Gasteiger partial charge is 0.188 e. The first-order valence-corrected chi connectivity index (χ1v) is 7.60. The Morgan fingerprint density at radius 2 is 1.63 bits per heavy atom. The van der Waals surface area contributed by atoms with E-state index in [2.05, 4.69) is 77.7 Å². The van der Waals surface area contributed by atoms with Gasteiger partial charge in [-0.2, -0.15) is 4.57 Å². The third-order valence-corrected chi connectivity index (χ3v) is 4.12. The van der Waals surface area contributed by atoms with E-state index in [1.54, 1.807) is 0 Å². The van der Waals surface area contributed by atoms with Crippen molar-refractivity contribution >= 4 is 22.5 Å². The van der Waals surface area contributed by atoms with Crippen molar-refractivity contribution < 1.29 is 4.57 Å². The summed E-state index contributed by atoms with van der Waals surface area (Å²) in [5.74, 6) is 0. The van der Waals surface area contributed by atoms with Crippen molar-refractivity contribution in [3.05, 3.63) is 72.4 Å². The molecule has 3 aromatic rings. The zero-order valence-corrected chi connectivity index (χ0v) is 11.7. The van der Waals surface area contributed by atoms with Crippen molar-refractivity contribution in [3.8, 4) is 0 Å². The van der Waals surface area contributed by atoms with E-state index in [-0.39, 0.29) is 0 Å². The Hall–Kier alpha value is -1.80. The van der Waals surface area contributed by atoms with E-state index in [4.69, 9.17) is 0 Å². The third-order valence-electron chi connectivity index (χ3n) is 3.28. The van der Waals surface area contributed by atoms with Crippen LogP contribution in [0.25, 0.3) is 10.8 Å². The zero-order chi connectivity index (χ0) is 13.1. The number of pyridine rings is 1. The predicted octanol–water partition coefficient (Wildman–Crippen LogP) is 3.90. The SMILES string of the molecule is CSc1c2ccccc2cc[n+]1Cc1ccccc1. The maximum absolute atomic E-state index is 2.32. The van der Waals surface area contributed by atoms with Crippen LogP contribution < -0.4 is 4.57 Å². The summed E-state index contributed by atoms with van der Waals surface area (Å²) in [6, 6.07) is 21.3. The lowest BCUT2D eigenvalue weighted by Gasteiger charge is -2.05. The van der Waals surface area contributed by atoms with Crippen LogP contribution >= 0.6 is 11.8 Å². The molecule has 2 heteroatoms. The number of nitrogens with zero attached hydrogens (tertiary/aromatic N) is 1. The summed E-state index contributed by atoms with van der Waals surface area (Å²) in [6.07, 6.45) is 4.32. The van der Waals surface area contributed by atoms with Crippen LogP contribution in [-0.2, 0) is 6.54 Å². The van der Waals surface area contributed by atoms with E-state index in [1.165, 1.54) is 21.4 Å². The van der Waals surface area contributed by atoms with Crippen molar-refractivity contribution in [1.82, 2.24) is 0 Å². The Labute approximate surface area is 117 Å². The summed E-state index contributed by atoms with van der Waals surface area (Å²) in [5, 5.41) is 3.95. The van der Waals surface area contributed by atoms with Gasteiger partial charge in [0, 0.05) is 11.6 Å². The molecule has 0 atom stereocenters. The minimum absolute atomic E-state index is 0.918. The molecule has 0 saturated heterocycles. The highest BCUT2D eigenvalue weighted by Crippen LogP contribution is 2.22. The Bertz CT molecular complexity index is 692. The quantitative estimate of drug-likeness (QED) is 0.514. The number of aromatic nitrogens is 1. The molecule has 0 saturated carbocycles. The van der Waals surface area contributed by atoms with E-state index >= 15 is 0 Å². The number of fused-ring (bicyclic) bond motifs is 1. The van der Waals surface area contributed by atoms with Gasteiger partial charge in [0.25, 0.3) is 0 Å². The summed E-state index contributed by atoms with van der Waals surface area (Å²) in [6.45, 7) is 0.918. The molecule has 94 valence electrons. The van der Waals surface area contributed by atoms with Crippen molar-refractivity contribution in [2.45, 2.75) is 11.6 Å². The van der Waals surface area contributed by atoms with E-state index in [9.17, 15) is 0 Å². The molecule has 3 rings (SSSR count). The van der Waals surface area contributed by atoms with Gasteiger partial charge in [0.15, 0.2) is 12.7 Å². The molecule has 2 aromatic carbocycles. The Balaban J connectivity index is 2.08. The minimum Gasteiger partial charge on any atom is -0.188 e. The molecule has 0 aliphatic heterocycles. The molecule has 0 unspecified atom stereocenters. The first-order valence-electron chi connectivity index (χ1n) is 6.37. The van der Waals surface area contributed by atoms with Crippen molar-refractivity contribution in [3.63, 3.8) is 0 Å². The first-order chi connectivity index (χ1) is 9.38. The Kier molecular flexibility index (Phi) is 3.51. The molecule has 0 bridgehead atoms. The molecule has 0 N–H and O–H groups in total. The van der Waals surface area contributed by atoms with Gasteiger partial charge in [0.05, 0.1) is 5.39 Å². The molecular weight excluding hydrogens is 250 g/mol. The lowest BCUT2D eigenvalue weighted by atomic mass is 10.1. The molecule has 1 nitrogen and oxygen atoms in total. The monoisotopic (exact) mass is 266 g/mol. The fourth-order valence-electron chi connectivity index (χ4n) is 2.36. The second-order valence-electron chi connectivity index (χ2n) is 4.53. The van der Waals surface area contributed by atoms with Gasteiger partial charge in [-0.1, -0.05) is 60.3 Å². The van der Waals surface area contributed by atoms with Gasteiger partial charge < -0.3 is 0 Å². The summed E-state index contributed by atoms with van der Waals surface area (Å²) < 4.78 is 2.32. The lowest BCUT2D eigenvalue weighted by Crippen LogP contribution is -2.36. The molecule has 0 aliphatic carbocycles. The van der Waals surface area contributed by atoms with Crippen LogP contribution in [-0.4, -0.2) is 6.26 Å². The molecule has 0 aliphatic rings. The highest BCUT2D eigenvalue weighted by molar-refractivity contribution is 7.98. The van der Waals surface area contributed by atoms with Gasteiger partial charge in [-0.05, 0) is 17.7 Å². The van der Waals surface area contributed by atoms with Crippen LogP contribution in [0.15, 0.2) is 71.9 Å². The molecule has 0 fully saturated rings. The van der Waals surface area contributed by atoms with Gasteiger partial charge in [0.1, 0.15) is 0 Å². The van der Waals surface area contributed by atoms with Crippen LogP contribution in [0.1, 0.15) is 5.56 Å². The zero-order valence-electron chi connectivity index (χ0n) is 10.9. The Morgan fingerprint density at radius 3 is 2.42 bits per heavy atom. The molecule has 1 aromatic heterocycles. The first kappa shape index (κ1) is 12.2. The molecule has 0 spiro atoms. The molecule has 19 heavy (non-hydrogen) atoms. The average Bonchev–Trinajstić information content (AvgIpc) is 2.48. The normalized spacial score (nSPS) is 10.8. The predicted molar refractivity (Wildman–Crippen MR) is 81.5 cm³/mol. The standard InChI is InChI=1S/C17H16NS/c1-19-17-16-10-6-5-9-15(16)11-12-18(17)13-14-7-3-2-4-8-14/h2-12H,13H2,1H3/q+1. The van der Waals surface area contributed by atoms with Crippen molar-refractivity contribution in [2.75, 3.05) is 6.26 Å². The van der Waals surface area contributed by atoms with Crippen LogP contribution in [0.3, 0.4) is 0 Å². The van der Waals surface area contributed by atoms with Crippen molar-refractivity contribution in [1.29, 1.82) is 0 Å². The highest BCUT2D eigenvalue weighted by Gasteiger charge is 2.14. The fraction of sp³-hybridized carbons (Fsp3) is 0.118. The maximum atomic E-state index is 2.32. The Morgan fingerprint density at radius 1 is 0.895 bits per heavy atom. The van der Waals surface area contributed by atoms with E-state index in [0.29, 0.717) is 0 Å². The number of thioether (sulfide) groups is 1. The summed E-state index contributed by atoms with van der Waals surface area (Å²) in [4.78, 5) is 0. The molecule has 0 radical (unpaired) electrons. The van der Waals surface area contributed by atoms with Crippen LogP contribution in [0.4, 0.5) is 0 Å². The van der Waals surface area contributed by atoms with Gasteiger partial charge in [-0.25, -0.2) is 0 Å². The number of rotatable bonds is 3. The minimum atomic E-state index is 0.918. The third kappa shape index (κ3) is 2.49. The second kappa shape index (κ2) is 5.45. The summed E-state index contributed by atoms with van der Waals surface area (Å²) >= 11 is 1.81. The number of benzene rings is 2. The number of hydrogen-bond donors (Lipinski definition) is 0. The molecular formula is C17H16NS+. The van der Waals surface area contributed by atoms with E-state index < -0.39 is 0 Å². The fourth-order valence-corrected chi connectivity index (χ4v) is 3.13. The van der Waals surface area contributed by atoms with Crippen LogP contribution in [0, 0.1) is 0 Å². The van der Waals surface area contributed by atoms with Crippen LogP contribution in [0.5, 0.6) is 0 Å². The van der Waals surface area contributed by atoms with Crippen LogP contribution in [0.2, 0.25) is 0 Å². The van der Waals surface area contributed by atoms with Crippen molar-refractivity contribution in [2.24, 2.45) is 0 Å². The van der Waals surface area contributed by atoms with Gasteiger partial charge in [-0.3, -0.25) is 0 Å². The average molecular weight is 266 g/mol. The van der Waals surface area contributed by atoms with Gasteiger partial charge in [-0.15, -0.1) is 0 Å². The molecule has 1 heterocycles. The largest absolute Gasteiger partial charge is 0.247 e. The molecule has 0 amide bonds.